The van der Waals surface area contributed by atoms with Gasteiger partial charge in [0.1, 0.15) is 9.84 Å². The molecule has 0 saturated carbocycles. The normalized spacial score (nSPS) is 11.7. The van der Waals surface area contributed by atoms with Crippen molar-refractivity contribution in [1.82, 2.24) is 10.3 Å². The number of nitrogens with one attached hydrogen (secondary N) is 1. The first-order valence-corrected chi connectivity index (χ1v) is 9.43. The number of pyridine rings is 1. The van der Waals surface area contributed by atoms with E-state index in [1.54, 1.807) is 0 Å². The van der Waals surface area contributed by atoms with E-state index >= 15 is 0 Å². The van der Waals surface area contributed by atoms with E-state index in [-0.39, 0.29) is 5.75 Å². The van der Waals surface area contributed by atoms with E-state index in [4.69, 9.17) is 0 Å². The van der Waals surface area contributed by atoms with Crippen LogP contribution in [-0.2, 0) is 16.4 Å². The van der Waals surface area contributed by atoms with Crippen LogP contribution in [0.25, 0.3) is 0 Å². The minimum absolute atomic E-state index is 0.193. The van der Waals surface area contributed by atoms with Gasteiger partial charge in [-0.15, -0.1) is 11.8 Å². The highest BCUT2D eigenvalue weighted by molar-refractivity contribution is 8.00. The molecule has 0 atom stereocenters. The third kappa shape index (κ3) is 6.94. The molecule has 1 heterocycles. The molecule has 0 radical (unpaired) electrons. The molecule has 0 aromatic carbocycles. The number of aromatic nitrogens is 1. The maximum Gasteiger partial charge on any atom is 0.148 e. The fourth-order valence-corrected chi connectivity index (χ4v) is 3.72. The average molecular weight is 302 g/mol. The Morgan fingerprint density at radius 2 is 2.16 bits per heavy atom. The Morgan fingerprint density at radius 1 is 1.42 bits per heavy atom. The summed E-state index contributed by atoms with van der Waals surface area (Å²) in [5, 5.41) is 4.25. The van der Waals surface area contributed by atoms with E-state index in [0.717, 1.165) is 30.1 Å². The molecule has 0 amide bonds. The Hall–Kier alpha value is -0.590. The smallest absolute Gasteiger partial charge is 0.148 e. The average Bonchev–Trinajstić information content (AvgIpc) is 2.31. The quantitative estimate of drug-likeness (QED) is 0.588. The van der Waals surface area contributed by atoms with Crippen LogP contribution < -0.4 is 5.32 Å². The molecule has 0 bridgehead atoms. The zero-order valence-corrected chi connectivity index (χ0v) is 13.4. The zero-order valence-electron chi connectivity index (χ0n) is 11.8. The van der Waals surface area contributed by atoms with Gasteiger partial charge in [-0.05, 0) is 31.0 Å². The Labute approximate surface area is 120 Å². The molecule has 0 aliphatic carbocycles. The van der Waals surface area contributed by atoms with Crippen LogP contribution in [0, 0.1) is 6.92 Å². The summed E-state index contributed by atoms with van der Waals surface area (Å²) in [5.41, 5.74) is 2.27. The van der Waals surface area contributed by atoms with Crippen molar-refractivity contribution >= 4 is 21.6 Å². The van der Waals surface area contributed by atoms with Crippen LogP contribution in [0.3, 0.4) is 0 Å². The summed E-state index contributed by atoms with van der Waals surface area (Å²) in [7, 11) is -2.89. The van der Waals surface area contributed by atoms with Crippen LogP contribution >= 0.6 is 11.8 Å². The lowest BCUT2D eigenvalue weighted by Gasteiger charge is -2.08. The largest absolute Gasteiger partial charge is 0.313 e. The van der Waals surface area contributed by atoms with E-state index in [1.807, 2.05) is 13.1 Å². The molecular formula is C13H22N2O2S2. The number of aryl methyl sites for hydroxylation is 1. The first-order chi connectivity index (χ1) is 8.92. The van der Waals surface area contributed by atoms with Gasteiger partial charge in [0.15, 0.2) is 0 Å². The van der Waals surface area contributed by atoms with Gasteiger partial charge in [-0.2, -0.15) is 0 Å². The molecule has 19 heavy (non-hydrogen) atoms. The third-order valence-electron chi connectivity index (χ3n) is 2.54. The number of nitrogens with zero attached hydrogens (tertiary/aromatic N) is 1. The van der Waals surface area contributed by atoms with Gasteiger partial charge in [0.05, 0.1) is 10.8 Å². The van der Waals surface area contributed by atoms with Crippen molar-refractivity contribution in [1.29, 1.82) is 0 Å². The van der Waals surface area contributed by atoms with Gasteiger partial charge in [0.25, 0.3) is 0 Å². The minimum atomic E-state index is -2.89. The first-order valence-electron chi connectivity index (χ1n) is 6.39. The summed E-state index contributed by atoms with van der Waals surface area (Å²) in [4.78, 5) is 4.40. The Balaban J connectivity index is 2.52. The maximum absolute atomic E-state index is 11.1. The Bertz CT molecular complexity index is 501. The molecule has 0 fully saturated rings. The van der Waals surface area contributed by atoms with Gasteiger partial charge < -0.3 is 5.32 Å². The van der Waals surface area contributed by atoms with E-state index in [1.165, 1.54) is 23.6 Å². The van der Waals surface area contributed by atoms with E-state index in [0.29, 0.717) is 5.75 Å². The molecule has 0 spiro atoms. The van der Waals surface area contributed by atoms with Gasteiger partial charge in [-0.1, -0.05) is 13.0 Å². The van der Waals surface area contributed by atoms with Gasteiger partial charge >= 0.3 is 0 Å². The van der Waals surface area contributed by atoms with Crippen LogP contribution in [0.5, 0.6) is 0 Å². The van der Waals surface area contributed by atoms with Crippen LogP contribution in [0.15, 0.2) is 17.3 Å². The SMILES string of the molecule is CCCNCc1cnc(SCCS(C)(=O)=O)c(C)c1. The molecule has 1 N–H and O–H groups in total. The highest BCUT2D eigenvalue weighted by atomic mass is 32.2. The van der Waals surface area contributed by atoms with Crippen LogP contribution in [-0.4, -0.2) is 37.7 Å². The maximum atomic E-state index is 11.1. The van der Waals surface area contributed by atoms with Crippen molar-refractivity contribution < 1.29 is 8.42 Å². The standard InChI is InChI=1S/C13H22N2O2S2/c1-4-5-14-9-12-8-11(2)13(15-10-12)18-6-7-19(3,16)17/h8,10,14H,4-7,9H2,1-3H3. The second kappa shape index (κ2) is 7.87. The molecule has 0 aliphatic heterocycles. The zero-order chi connectivity index (χ0) is 14.3. The lowest BCUT2D eigenvalue weighted by atomic mass is 10.2. The van der Waals surface area contributed by atoms with Crippen molar-refractivity contribution in [2.75, 3.05) is 24.3 Å². The highest BCUT2D eigenvalue weighted by Gasteiger charge is 2.06. The van der Waals surface area contributed by atoms with E-state index in [2.05, 4.69) is 23.3 Å². The molecule has 1 rings (SSSR count). The highest BCUT2D eigenvalue weighted by Crippen LogP contribution is 2.20. The second-order valence-corrected chi connectivity index (χ2v) is 7.96. The number of rotatable bonds is 8. The van der Waals surface area contributed by atoms with Crippen LogP contribution in [0.2, 0.25) is 0 Å². The summed E-state index contributed by atoms with van der Waals surface area (Å²) < 4.78 is 22.1. The molecule has 0 saturated heterocycles. The summed E-state index contributed by atoms with van der Waals surface area (Å²) in [6.45, 7) is 5.98. The van der Waals surface area contributed by atoms with Crippen molar-refractivity contribution in [2.24, 2.45) is 0 Å². The first kappa shape index (κ1) is 16.5. The summed E-state index contributed by atoms with van der Waals surface area (Å²) in [5.74, 6) is 0.749. The molecule has 4 nitrogen and oxygen atoms in total. The molecule has 0 aliphatic rings. The third-order valence-corrected chi connectivity index (χ3v) is 4.85. The number of hydrogen-bond acceptors (Lipinski definition) is 5. The number of sulfone groups is 1. The minimum Gasteiger partial charge on any atom is -0.313 e. The lowest BCUT2D eigenvalue weighted by molar-refractivity contribution is 0.603. The van der Waals surface area contributed by atoms with E-state index in [9.17, 15) is 8.42 Å². The molecule has 1 aromatic heterocycles. The van der Waals surface area contributed by atoms with Gasteiger partial charge in [0, 0.05) is 24.8 Å². The van der Waals surface area contributed by atoms with Crippen molar-refractivity contribution in [2.45, 2.75) is 31.8 Å². The predicted octanol–water partition coefficient (Wildman–Crippen LogP) is 2.03. The number of thioether (sulfide) groups is 1. The Kier molecular flexibility index (Phi) is 6.82. The second-order valence-electron chi connectivity index (χ2n) is 4.62. The fraction of sp³-hybridized carbons (Fsp3) is 0.615. The van der Waals surface area contributed by atoms with Crippen LogP contribution in [0.1, 0.15) is 24.5 Å². The van der Waals surface area contributed by atoms with Crippen LogP contribution in [0.4, 0.5) is 0 Å². The fourth-order valence-electron chi connectivity index (χ4n) is 1.57. The summed E-state index contributed by atoms with van der Waals surface area (Å²) in [6, 6.07) is 2.11. The summed E-state index contributed by atoms with van der Waals surface area (Å²) in [6.07, 6.45) is 4.24. The van der Waals surface area contributed by atoms with Crippen molar-refractivity contribution in [3.8, 4) is 0 Å². The molecule has 6 heteroatoms. The summed E-state index contributed by atoms with van der Waals surface area (Å²) >= 11 is 1.50. The topological polar surface area (TPSA) is 59.1 Å². The lowest BCUT2D eigenvalue weighted by Crippen LogP contribution is -2.14. The van der Waals surface area contributed by atoms with Crippen molar-refractivity contribution in [3.63, 3.8) is 0 Å². The molecular weight excluding hydrogens is 280 g/mol. The predicted molar refractivity (Wildman–Crippen MR) is 81.4 cm³/mol. The molecule has 108 valence electrons. The number of hydrogen-bond donors (Lipinski definition) is 1. The Morgan fingerprint density at radius 3 is 2.74 bits per heavy atom. The van der Waals surface area contributed by atoms with Crippen molar-refractivity contribution in [3.05, 3.63) is 23.4 Å². The van der Waals surface area contributed by atoms with Gasteiger partial charge in [-0.3, -0.25) is 0 Å². The molecule has 0 unspecified atom stereocenters. The monoisotopic (exact) mass is 302 g/mol. The molecule has 1 aromatic rings. The van der Waals surface area contributed by atoms with E-state index < -0.39 is 9.84 Å². The van der Waals surface area contributed by atoms with Gasteiger partial charge in [0.2, 0.25) is 0 Å². The van der Waals surface area contributed by atoms with Gasteiger partial charge in [-0.25, -0.2) is 13.4 Å².